The fourth-order valence-corrected chi connectivity index (χ4v) is 2.33. The monoisotopic (exact) mass is 155 g/mol. The van der Waals surface area contributed by atoms with Crippen LogP contribution in [0.1, 0.15) is 33.1 Å². The smallest absolute Gasteiger partial charge is 0.123 e. The molecule has 1 unspecified atom stereocenters. The molecule has 0 aromatic carbocycles. The summed E-state index contributed by atoms with van der Waals surface area (Å²) in [4.78, 5) is 2.49. The summed E-state index contributed by atoms with van der Waals surface area (Å²) < 4.78 is 5.78. The highest BCUT2D eigenvalue weighted by Gasteiger charge is 2.48. The summed E-state index contributed by atoms with van der Waals surface area (Å²) in [6, 6.07) is 0.654. The normalized spacial score (nSPS) is 38.5. The van der Waals surface area contributed by atoms with Crippen molar-refractivity contribution in [2.45, 2.75) is 44.9 Å². The molecule has 64 valence electrons. The molecular formula is C9H17NO. The van der Waals surface area contributed by atoms with Gasteiger partial charge >= 0.3 is 0 Å². The second-order valence-electron chi connectivity index (χ2n) is 3.94. The molecule has 0 saturated carbocycles. The first kappa shape index (κ1) is 7.56. The zero-order valence-corrected chi connectivity index (χ0v) is 7.47. The van der Waals surface area contributed by atoms with E-state index in [0.717, 1.165) is 6.61 Å². The van der Waals surface area contributed by atoms with E-state index in [9.17, 15) is 0 Å². The molecule has 2 aliphatic rings. The molecule has 2 fully saturated rings. The van der Waals surface area contributed by atoms with E-state index in [4.69, 9.17) is 4.74 Å². The molecule has 2 aliphatic heterocycles. The molecule has 2 rings (SSSR count). The van der Waals surface area contributed by atoms with Crippen molar-refractivity contribution < 1.29 is 4.74 Å². The third-order valence-electron chi connectivity index (χ3n) is 2.97. The van der Waals surface area contributed by atoms with E-state index in [1.54, 1.807) is 0 Å². The van der Waals surface area contributed by atoms with Crippen LogP contribution in [0.3, 0.4) is 0 Å². The molecular weight excluding hydrogens is 138 g/mol. The molecule has 1 atom stereocenters. The number of hydrogen-bond acceptors (Lipinski definition) is 2. The minimum Gasteiger partial charge on any atom is -0.360 e. The van der Waals surface area contributed by atoms with Crippen LogP contribution in [0.4, 0.5) is 0 Å². The van der Waals surface area contributed by atoms with Gasteiger partial charge in [-0.3, -0.25) is 4.90 Å². The fourth-order valence-electron chi connectivity index (χ4n) is 2.33. The number of nitrogens with zero attached hydrogens (tertiary/aromatic N) is 1. The number of ether oxygens (including phenoxy) is 1. The number of hydrogen-bond donors (Lipinski definition) is 0. The minimum atomic E-state index is 0.189. The van der Waals surface area contributed by atoms with Crippen molar-refractivity contribution in [3.8, 4) is 0 Å². The average molecular weight is 155 g/mol. The molecule has 0 aromatic rings. The van der Waals surface area contributed by atoms with Gasteiger partial charge in [0.25, 0.3) is 0 Å². The molecule has 0 amide bonds. The maximum absolute atomic E-state index is 5.78. The summed E-state index contributed by atoms with van der Waals surface area (Å²) in [6.07, 6.45) is 3.76. The van der Waals surface area contributed by atoms with Gasteiger partial charge < -0.3 is 4.74 Å². The molecule has 2 heteroatoms. The molecule has 0 aliphatic carbocycles. The van der Waals surface area contributed by atoms with Gasteiger partial charge in [-0.2, -0.15) is 0 Å². The van der Waals surface area contributed by atoms with Crippen LogP contribution in [0.25, 0.3) is 0 Å². The van der Waals surface area contributed by atoms with Crippen molar-refractivity contribution in [2.75, 3.05) is 13.2 Å². The van der Waals surface area contributed by atoms with Crippen LogP contribution in [0, 0.1) is 0 Å². The molecule has 1 spiro atoms. The number of likely N-dealkylation sites (tertiary alicyclic amines) is 1. The average Bonchev–Trinajstić information content (AvgIpc) is 2.31. The van der Waals surface area contributed by atoms with Crippen LogP contribution in [0.2, 0.25) is 0 Å². The second kappa shape index (κ2) is 2.46. The van der Waals surface area contributed by atoms with E-state index in [0.29, 0.717) is 6.04 Å². The van der Waals surface area contributed by atoms with E-state index >= 15 is 0 Å². The molecule has 11 heavy (non-hydrogen) atoms. The fraction of sp³-hybridized carbons (Fsp3) is 1.00. The van der Waals surface area contributed by atoms with Crippen LogP contribution in [-0.2, 0) is 4.74 Å². The van der Waals surface area contributed by atoms with Gasteiger partial charge in [-0.25, -0.2) is 0 Å². The van der Waals surface area contributed by atoms with Crippen molar-refractivity contribution in [3.05, 3.63) is 0 Å². The highest BCUT2D eigenvalue weighted by molar-refractivity contribution is 4.96. The van der Waals surface area contributed by atoms with Crippen molar-refractivity contribution in [1.82, 2.24) is 4.90 Å². The van der Waals surface area contributed by atoms with E-state index in [2.05, 4.69) is 18.7 Å². The van der Waals surface area contributed by atoms with E-state index in [1.807, 2.05) is 0 Å². The van der Waals surface area contributed by atoms with Crippen molar-refractivity contribution in [1.29, 1.82) is 0 Å². The van der Waals surface area contributed by atoms with Crippen LogP contribution in [0.15, 0.2) is 0 Å². The predicted octanol–water partition coefficient (Wildman–Crippen LogP) is 1.61. The van der Waals surface area contributed by atoms with Crippen LogP contribution < -0.4 is 0 Å². The summed E-state index contributed by atoms with van der Waals surface area (Å²) in [7, 11) is 0. The summed E-state index contributed by atoms with van der Waals surface area (Å²) in [5, 5.41) is 0. The first-order valence-electron chi connectivity index (χ1n) is 4.65. The quantitative estimate of drug-likeness (QED) is 0.570. The zero-order valence-electron chi connectivity index (χ0n) is 7.47. The Balaban J connectivity index is 2.03. The Labute approximate surface area is 68.5 Å². The first-order valence-corrected chi connectivity index (χ1v) is 4.65. The van der Waals surface area contributed by atoms with Gasteiger partial charge in [0, 0.05) is 25.6 Å². The first-order chi connectivity index (χ1) is 5.25. The van der Waals surface area contributed by atoms with Gasteiger partial charge in [0.15, 0.2) is 0 Å². The van der Waals surface area contributed by atoms with Gasteiger partial charge in [0.2, 0.25) is 0 Å². The van der Waals surface area contributed by atoms with E-state index < -0.39 is 0 Å². The molecule has 0 N–H and O–H groups in total. The second-order valence-corrected chi connectivity index (χ2v) is 3.94. The summed E-state index contributed by atoms with van der Waals surface area (Å²) >= 11 is 0. The Bertz CT molecular complexity index is 150. The third-order valence-corrected chi connectivity index (χ3v) is 2.97. The zero-order chi connectivity index (χ0) is 7.90. The van der Waals surface area contributed by atoms with Crippen molar-refractivity contribution >= 4 is 0 Å². The van der Waals surface area contributed by atoms with Gasteiger partial charge in [-0.05, 0) is 26.7 Å². The van der Waals surface area contributed by atoms with Gasteiger partial charge in [0.1, 0.15) is 5.72 Å². The summed E-state index contributed by atoms with van der Waals surface area (Å²) in [5.74, 6) is 0. The Morgan fingerprint density at radius 1 is 1.36 bits per heavy atom. The molecule has 0 bridgehead atoms. The van der Waals surface area contributed by atoms with Gasteiger partial charge in [-0.15, -0.1) is 0 Å². The highest BCUT2D eigenvalue weighted by atomic mass is 16.5. The lowest BCUT2D eigenvalue weighted by atomic mass is 9.93. The van der Waals surface area contributed by atoms with Gasteiger partial charge in [-0.1, -0.05) is 0 Å². The SMILES string of the molecule is CC(C)N1CCC12CCCO2. The Kier molecular flexibility index (Phi) is 1.69. The van der Waals surface area contributed by atoms with Crippen molar-refractivity contribution in [2.24, 2.45) is 0 Å². The molecule has 0 radical (unpaired) electrons. The summed E-state index contributed by atoms with van der Waals surface area (Å²) in [5.41, 5.74) is 0.189. The van der Waals surface area contributed by atoms with Gasteiger partial charge in [0.05, 0.1) is 0 Å². The Morgan fingerprint density at radius 2 is 2.18 bits per heavy atom. The predicted molar refractivity (Wildman–Crippen MR) is 44.4 cm³/mol. The number of rotatable bonds is 1. The van der Waals surface area contributed by atoms with Crippen LogP contribution >= 0.6 is 0 Å². The Hall–Kier alpha value is -0.0800. The topological polar surface area (TPSA) is 12.5 Å². The third kappa shape index (κ3) is 1.00. The Morgan fingerprint density at radius 3 is 2.55 bits per heavy atom. The van der Waals surface area contributed by atoms with E-state index in [-0.39, 0.29) is 5.72 Å². The molecule has 0 aromatic heterocycles. The molecule has 2 heterocycles. The van der Waals surface area contributed by atoms with E-state index in [1.165, 1.54) is 25.8 Å². The lowest BCUT2D eigenvalue weighted by Gasteiger charge is -2.52. The lowest BCUT2D eigenvalue weighted by molar-refractivity contribution is -0.201. The molecule has 2 nitrogen and oxygen atoms in total. The van der Waals surface area contributed by atoms with Crippen molar-refractivity contribution in [3.63, 3.8) is 0 Å². The largest absolute Gasteiger partial charge is 0.360 e. The summed E-state index contributed by atoms with van der Waals surface area (Å²) in [6.45, 7) is 6.71. The maximum Gasteiger partial charge on any atom is 0.123 e. The molecule has 2 saturated heterocycles. The minimum absolute atomic E-state index is 0.189. The van der Waals surface area contributed by atoms with Crippen LogP contribution in [0.5, 0.6) is 0 Å². The standard InChI is InChI=1S/C9H17NO/c1-8(2)10-6-5-9(10)4-3-7-11-9/h8H,3-7H2,1-2H3. The van der Waals surface area contributed by atoms with Crippen LogP contribution in [-0.4, -0.2) is 29.8 Å². The lowest BCUT2D eigenvalue weighted by Crippen LogP contribution is -2.61. The maximum atomic E-state index is 5.78. The highest BCUT2D eigenvalue weighted by Crippen LogP contribution is 2.41.